The molecule has 0 amide bonds. The molecule has 2 aliphatic rings. The van der Waals surface area contributed by atoms with E-state index in [0.717, 1.165) is 31.4 Å². The number of ether oxygens (including phenoxy) is 1. The monoisotopic (exact) mass is 273 g/mol. The van der Waals surface area contributed by atoms with Crippen molar-refractivity contribution in [2.45, 2.75) is 43.1 Å². The summed E-state index contributed by atoms with van der Waals surface area (Å²) in [5, 5.41) is 9.34. The lowest BCUT2D eigenvalue weighted by atomic mass is 9.68. The maximum absolute atomic E-state index is 11.4. The van der Waals surface area contributed by atoms with Crippen LogP contribution in [0.1, 0.15) is 37.8 Å². The first-order chi connectivity index (χ1) is 9.64. The van der Waals surface area contributed by atoms with Crippen LogP contribution >= 0.6 is 0 Å². The van der Waals surface area contributed by atoms with Gasteiger partial charge in [-0.3, -0.25) is 9.78 Å². The summed E-state index contributed by atoms with van der Waals surface area (Å²) in [7, 11) is 0. The zero-order chi connectivity index (χ0) is 14.1. The predicted octanol–water partition coefficient (Wildman–Crippen LogP) is 2.69. The van der Waals surface area contributed by atoms with Crippen LogP contribution in [0.15, 0.2) is 36.5 Å². The molecule has 1 saturated heterocycles. The minimum Gasteiger partial charge on any atom is -0.481 e. The zero-order valence-corrected chi connectivity index (χ0v) is 11.4. The molecule has 4 nitrogen and oxygen atoms in total. The molecule has 1 aromatic rings. The third-order valence-electron chi connectivity index (χ3n) is 4.49. The van der Waals surface area contributed by atoms with Crippen LogP contribution in [0.25, 0.3) is 0 Å². The molecule has 0 aromatic carbocycles. The van der Waals surface area contributed by atoms with E-state index in [2.05, 4.69) is 17.1 Å². The van der Waals surface area contributed by atoms with Crippen molar-refractivity contribution in [2.24, 2.45) is 0 Å². The highest BCUT2D eigenvalue weighted by Gasteiger charge is 2.48. The Labute approximate surface area is 118 Å². The lowest BCUT2D eigenvalue weighted by Crippen LogP contribution is -2.47. The number of pyridine rings is 1. The summed E-state index contributed by atoms with van der Waals surface area (Å²) < 4.78 is 6.00. The van der Waals surface area contributed by atoms with Crippen molar-refractivity contribution < 1.29 is 14.6 Å². The highest BCUT2D eigenvalue weighted by molar-refractivity contribution is 5.69. The highest BCUT2D eigenvalue weighted by Crippen LogP contribution is 2.47. The Morgan fingerprint density at radius 2 is 2.15 bits per heavy atom. The Morgan fingerprint density at radius 3 is 2.80 bits per heavy atom. The molecular weight excluding hydrogens is 254 g/mol. The van der Waals surface area contributed by atoms with Crippen molar-refractivity contribution in [1.29, 1.82) is 0 Å². The van der Waals surface area contributed by atoms with Gasteiger partial charge in [-0.15, -0.1) is 0 Å². The summed E-state index contributed by atoms with van der Waals surface area (Å²) in [4.78, 5) is 15.8. The van der Waals surface area contributed by atoms with Crippen molar-refractivity contribution in [3.05, 3.63) is 42.2 Å². The summed E-state index contributed by atoms with van der Waals surface area (Å²) in [5.74, 6) is -0.765. The molecule has 1 aromatic heterocycles. The first-order valence-electron chi connectivity index (χ1n) is 7.07. The minimum absolute atomic E-state index is 0.120. The lowest BCUT2D eigenvalue weighted by Gasteiger charge is -2.45. The minimum atomic E-state index is -0.765. The van der Waals surface area contributed by atoms with Crippen LogP contribution in [0.5, 0.6) is 0 Å². The number of hydrogen-bond donors (Lipinski definition) is 1. The molecular formula is C16H19NO3. The van der Waals surface area contributed by atoms with Crippen molar-refractivity contribution in [3.63, 3.8) is 0 Å². The van der Waals surface area contributed by atoms with Crippen molar-refractivity contribution in [2.75, 3.05) is 6.61 Å². The van der Waals surface area contributed by atoms with Crippen LogP contribution in [0, 0.1) is 0 Å². The van der Waals surface area contributed by atoms with E-state index in [1.807, 2.05) is 18.2 Å². The van der Waals surface area contributed by atoms with Crippen LogP contribution in [-0.2, 0) is 14.9 Å². The second kappa shape index (κ2) is 5.02. The third-order valence-corrected chi connectivity index (χ3v) is 4.49. The van der Waals surface area contributed by atoms with E-state index in [4.69, 9.17) is 4.74 Å². The Bertz CT molecular complexity index is 518. The van der Waals surface area contributed by atoms with Gasteiger partial charge in [0.15, 0.2) is 0 Å². The van der Waals surface area contributed by atoms with Crippen LogP contribution in [0.4, 0.5) is 0 Å². The normalized spacial score (nSPS) is 27.8. The fraction of sp³-hybridized carbons (Fsp3) is 0.500. The van der Waals surface area contributed by atoms with Crippen LogP contribution in [-0.4, -0.2) is 28.3 Å². The van der Waals surface area contributed by atoms with Crippen LogP contribution < -0.4 is 0 Å². The van der Waals surface area contributed by atoms with E-state index in [-0.39, 0.29) is 12.0 Å². The average Bonchev–Trinajstić information content (AvgIpc) is 2.87. The SMILES string of the molecule is O=C(O)C[C@@]1(c2ccccn2)CCOC2(CC=CC2)C1. The molecule has 1 aliphatic carbocycles. The van der Waals surface area contributed by atoms with E-state index in [1.165, 1.54) is 0 Å². The Balaban J connectivity index is 1.95. The van der Waals surface area contributed by atoms with E-state index >= 15 is 0 Å². The summed E-state index contributed by atoms with van der Waals surface area (Å²) in [6.45, 7) is 0.603. The molecule has 0 unspecified atom stereocenters. The quantitative estimate of drug-likeness (QED) is 0.860. The molecule has 1 aliphatic heterocycles. The number of aliphatic carboxylic acids is 1. The predicted molar refractivity (Wildman–Crippen MR) is 74.5 cm³/mol. The highest BCUT2D eigenvalue weighted by atomic mass is 16.5. The van der Waals surface area contributed by atoms with Gasteiger partial charge in [0.05, 0.1) is 12.0 Å². The van der Waals surface area contributed by atoms with Gasteiger partial charge in [-0.2, -0.15) is 0 Å². The number of hydrogen-bond acceptors (Lipinski definition) is 3. The van der Waals surface area contributed by atoms with Gasteiger partial charge in [-0.05, 0) is 37.8 Å². The summed E-state index contributed by atoms with van der Waals surface area (Å²) in [5.41, 5.74) is 0.264. The largest absolute Gasteiger partial charge is 0.481 e. The Hall–Kier alpha value is -1.68. The molecule has 106 valence electrons. The van der Waals surface area contributed by atoms with E-state index < -0.39 is 11.4 Å². The van der Waals surface area contributed by atoms with Gasteiger partial charge in [0.1, 0.15) is 0 Å². The van der Waals surface area contributed by atoms with E-state index in [1.54, 1.807) is 6.20 Å². The van der Waals surface area contributed by atoms with Crippen molar-refractivity contribution in [3.8, 4) is 0 Å². The molecule has 1 atom stereocenters. The molecule has 0 saturated carbocycles. The van der Waals surface area contributed by atoms with Gasteiger partial charge < -0.3 is 9.84 Å². The first-order valence-corrected chi connectivity index (χ1v) is 7.07. The lowest BCUT2D eigenvalue weighted by molar-refractivity contribution is -0.143. The number of carboxylic acids is 1. The van der Waals surface area contributed by atoms with Crippen molar-refractivity contribution in [1.82, 2.24) is 4.98 Å². The second-order valence-electron chi connectivity index (χ2n) is 5.90. The number of carbonyl (C=O) groups is 1. The van der Waals surface area contributed by atoms with Gasteiger partial charge in [0.25, 0.3) is 0 Å². The second-order valence-corrected chi connectivity index (χ2v) is 5.90. The topological polar surface area (TPSA) is 59.4 Å². The summed E-state index contributed by atoms with van der Waals surface area (Å²) in [6, 6.07) is 5.75. The number of carboxylic acid groups (broad SMARTS) is 1. The fourth-order valence-electron chi connectivity index (χ4n) is 3.59. The molecule has 1 spiro atoms. The van der Waals surface area contributed by atoms with E-state index in [9.17, 15) is 9.90 Å². The molecule has 3 rings (SSSR count). The molecule has 1 N–H and O–H groups in total. The fourth-order valence-corrected chi connectivity index (χ4v) is 3.59. The van der Waals surface area contributed by atoms with Gasteiger partial charge in [0, 0.05) is 23.9 Å². The Morgan fingerprint density at radius 1 is 1.35 bits per heavy atom. The maximum atomic E-state index is 11.4. The van der Waals surface area contributed by atoms with Crippen LogP contribution in [0.2, 0.25) is 0 Å². The van der Waals surface area contributed by atoms with Gasteiger partial charge in [0.2, 0.25) is 0 Å². The molecule has 0 bridgehead atoms. The summed E-state index contributed by atoms with van der Waals surface area (Å²) >= 11 is 0. The Kier molecular flexibility index (Phi) is 3.34. The molecule has 2 heterocycles. The van der Waals surface area contributed by atoms with Gasteiger partial charge in [-0.1, -0.05) is 18.2 Å². The van der Waals surface area contributed by atoms with Gasteiger partial charge >= 0.3 is 5.97 Å². The van der Waals surface area contributed by atoms with E-state index in [0.29, 0.717) is 6.61 Å². The third kappa shape index (κ3) is 2.36. The molecule has 1 fully saturated rings. The standard InChI is InChI=1S/C16H19NO3/c18-14(19)11-15(13-5-1-4-9-17-13)8-10-20-16(12-15)6-2-3-7-16/h1-5,9H,6-8,10-12H2,(H,18,19)/t15-/m0/s1. The smallest absolute Gasteiger partial charge is 0.304 e. The molecule has 0 radical (unpaired) electrons. The number of aromatic nitrogens is 1. The first kappa shape index (κ1) is 13.3. The molecule has 4 heteroatoms. The summed E-state index contributed by atoms with van der Waals surface area (Å²) in [6.07, 6.45) is 9.34. The van der Waals surface area contributed by atoms with Crippen molar-refractivity contribution >= 4 is 5.97 Å². The average molecular weight is 273 g/mol. The molecule has 20 heavy (non-hydrogen) atoms. The number of nitrogens with zero attached hydrogens (tertiary/aromatic N) is 1. The van der Waals surface area contributed by atoms with Gasteiger partial charge in [-0.25, -0.2) is 0 Å². The zero-order valence-electron chi connectivity index (χ0n) is 11.4. The number of rotatable bonds is 3. The maximum Gasteiger partial charge on any atom is 0.304 e. The van der Waals surface area contributed by atoms with Crippen LogP contribution in [0.3, 0.4) is 0 Å².